The molecule has 2 rings (SSSR count). The topological polar surface area (TPSA) is 88.3 Å². The van der Waals surface area contributed by atoms with Crippen molar-refractivity contribution in [2.75, 3.05) is 18.5 Å². The molecule has 0 fully saturated rings. The number of anilines is 1. The van der Waals surface area contributed by atoms with Crippen LogP contribution in [-0.2, 0) is 6.54 Å². The van der Waals surface area contributed by atoms with Gasteiger partial charge in [-0.3, -0.25) is 4.79 Å². The summed E-state index contributed by atoms with van der Waals surface area (Å²) in [6.07, 6.45) is 3.02. The minimum Gasteiger partial charge on any atom is -0.477 e. The molecule has 7 heteroatoms. The highest BCUT2D eigenvalue weighted by molar-refractivity contribution is 5.85. The zero-order valence-corrected chi connectivity index (χ0v) is 11.9. The van der Waals surface area contributed by atoms with Crippen LogP contribution in [0, 0.1) is 0 Å². The Morgan fingerprint density at radius 3 is 2.81 bits per heavy atom. The lowest BCUT2D eigenvalue weighted by Gasteiger charge is -2.16. The second kappa shape index (κ2) is 6.17. The quantitative estimate of drug-likeness (QED) is 0.877. The zero-order valence-electron chi connectivity index (χ0n) is 11.9. The Morgan fingerprint density at radius 1 is 1.43 bits per heavy atom. The van der Waals surface area contributed by atoms with Gasteiger partial charge >= 0.3 is 5.97 Å². The van der Waals surface area contributed by atoms with Gasteiger partial charge in [-0.15, -0.1) is 0 Å². The van der Waals surface area contributed by atoms with E-state index in [0.717, 1.165) is 12.2 Å². The van der Waals surface area contributed by atoms with Crippen molar-refractivity contribution < 1.29 is 9.90 Å². The normalized spacial score (nSPS) is 10.4. The number of nitrogens with zero attached hydrogens (tertiary/aromatic N) is 4. The van der Waals surface area contributed by atoms with Gasteiger partial charge in [-0.05, 0) is 24.6 Å². The molecule has 2 aromatic heterocycles. The van der Waals surface area contributed by atoms with Crippen LogP contribution in [-0.4, -0.2) is 39.4 Å². The molecule has 0 saturated heterocycles. The molecule has 0 aliphatic heterocycles. The van der Waals surface area contributed by atoms with Gasteiger partial charge in [0.2, 0.25) is 0 Å². The number of aromatic carboxylic acids is 1. The summed E-state index contributed by atoms with van der Waals surface area (Å²) in [4.78, 5) is 28.5. The number of hydrogen-bond acceptors (Lipinski definition) is 5. The average Bonchev–Trinajstić information content (AvgIpc) is 2.48. The largest absolute Gasteiger partial charge is 0.477 e. The SMILES string of the molecule is CCN(C)c1cnn(Cc2ccnc(C(=O)O)c2)c(=O)c1. The molecular weight excluding hydrogens is 272 g/mol. The monoisotopic (exact) mass is 288 g/mol. The third-order valence-corrected chi connectivity index (χ3v) is 3.15. The Kier molecular flexibility index (Phi) is 4.32. The lowest BCUT2D eigenvalue weighted by Crippen LogP contribution is -2.26. The maximum absolute atomic E-state index is 12.0. The summed E-state index contributed by atoms with van der Waals surface area (Å²) in [5.74, 6) is -1.10. The van der Waals surface area contributed by atoms with Crippen molar-refractivity contribution in [3.8, 4) is 0 Å². The van der Waals surface area contributed by atoms with Crippen molar-refractivity contribution in [3.63, 3.8) is 0 Å². The molecule has 2 aromatic rings. The van der Waals surface area contributed by atoms with E-state index in [1.807, 2.05) is 18.9 Å². The van der Waals surface area contributed by atoms with Gasteiger partial charge in [0.1, 0.15) is 5.69 Å². The van der Waals surface area contributed by atoms with Crippen LogP contribution in [0.1, 0.15) is 23.0 Å². The maximum atomic E-state index is 12.0. The molecule has 21 heavy (non-hydrogen) atoms. The molecule has 0 unspecified atom stereocenters. The van der Waals surface area contributed by atoms with Gasteiger partial charge in [-0.2, -0.15) is 5.10 Å². The van der Waals surface area contributed by atoms with Crippen LogP contribution >= 0.6 is 0 Å². The zero-order chi connectivity index (χ0) is 15.4. The lowest BCUT2D eigenvalue weighted by molar-refractivity contribution is 0.0690. The van der Waals surface area contributed by atoms with E-state index in [9.17, 15) is 9.59 Å². The molecule has 0 spiro atoms. The van der Waals surface area contributed by atoms with Crippen LogP contribution in [0.15, 0.2) is 35.4 Å². The van der Waals surface area contributed by atoms with Gasteiger partial charge in [-0.25, -0.2) is 14.5 Å². The molecule has 0 aliphatic rings. The first kappa shape index (κ1) is 14.7. The minimum atomic E-state index is -1.10. The Morgan fingerprint density at radius 2 is 2.19 bits per heavy atom. The van der Waals surface area contributed by atoms with Gasteiger partial charge in [0.15, 0.2) is 0 Å². The smallest absolute Gasteiger partial charge is 0.354 e. The summed E-state index contributed by atoms with van der Waals surface area (Å²) in [7, 11) is 1.88. The van der Waals surface area contributed by atoms with E-state index in [1.54, 1.807) is 12.3 Å². The number of pyridine rings is 1. The molecule has 7 nitrogen and oxygen atoms in total. The van der Waals surface area contributed by atoms with E-state index in [4.69, 9.17) is 5.11 Å². The molecule has 0 bridgehead atoms. The van der Waals surface area contributed by atoms with Crippen molar-refractivity contribution in [2.45, 2.75) is 13.5 Å². The molecule has 0 radical (unpaired) electrons. The summed E-state index contributed by atoms with van der Waals surface area (Å²) in [5.41, 5.74) is 1.12. The molecule has 2 heterocycles. The van der Waals surface area contributed by atoms with E-state index in [-0.39, 0.29) is 17.8 Å². The first-order chi connectivity index (χ1) is 10.0. The minimum absolute atomic E-state index is 0.0529. The number of aromatic nitrogens is 3. The summed E-state index contributed by atoms with van der Waals surface area (Å²) in [6.45, 7) is 2.96. The molecule has 110 valence electrons. The van der Waals surface area contributed by atoms with Crippen LogP contribution in [0.2, 0.25) is 0 Å². The maximum Gasteiger partial charge on any atom is 0.354 e. The van der Waals surface area contributed by atoms with Crippen molar-refractivity contribution in [1.29, 1.82) is 0 Å². The van der Waals surface area contributed by atoms with Crippen molar-refractivity contribution in [3.05, 3.63) is 52.2 Å². The fraction of sp³-hybridized carbons (Fsp3) is 0.286. The number of hydrogen-bond donors (Lipinski definition) is 1. The van der Waals surface area contributed by atoms with Gasteiger partial charge in [-0.1, -0.05) is 0 Å². The van der Waals surface area contributed by atoms with Crippen LogP contribution in [0.5, 0.6) is 0 Å². The third-order valence-electron chi connectivity index (χ3n) is 3.15. The highest BCUT2D eigenvalue weighted by atomic mass is 16.4. The van der Waals surface area contributed by atoms with Crippen LogP contribution < -0.4 is 10.5 Å². The number of carboxylic acid groups (broad SMARTS) is 1. The number of carboxylic acids is 1. The van der Waals surface area contributed by atoms with E-state index in [1.165, 1.54) is 23.0 Å². The number of carbonyl (C=O) groups is 1. The fourth-order valence-corrected chi connectivity index (χ4v) is 1.80. The third kappa shape index (κ3) is 3.44. The first-order valence-electron chi connectivity index (χ1n) is 6.47. The predicted molar refractivity (Wildman–Crippen MR) is 77.7 cm³/mol. The standard InChI is InChI=1S/C14H16N4O3/c1-3-17(2)11-7-13(19)18(16-8-11)9-10-4-5-15-12(6-10)14(20)21/h4-8H,3,9H2,1-2H3,(H,20,21). The van der Waals surface area contributed by atoms with Crippen molar-refractivity contribution in [2.24, 2.45) is 0 Å². The highest BCUT2D eigenvalue weighted by Crippen LogP contribution is 2.07. The van der Waals surface area contributed by atoms with E-state index in [2.05, 4.69) is 10.1 Å². The summed E-state index contributed by atoms with van der Waals surface area (Å²) in [5, 5.41) is 13.0. The van der Waals surface area contributed by atoms with Crippen LogP contribution in [0.4, 0.5) is 5.69 Å². The summed E-state index contributed by atoms with van der Waals surface area (Å²) >= 11 is 0. The molecule has 0 amide bonds. The Balaban J connectivity index is 2.26. The molecule has 0 aromatic carbocycles. The first-order valence-corrected chi connectivity index (χ1v) is 6.47. The lowest BCUT2D eigenvalue weighted by atomic mass is 10.2. The molecule has 1 N–H and O–H groups in total. The van der Waals surface area contributed by atoms with E-state index < -0.39 is 5.97 Å². The second-order valence-electron chi connectivity index (χ2n) is 4.58. The van der Waals surface area contributed by atoms with Gasteiger partial charge in [0.05, 0.1) is 18.4 Å². The molecule has 0 atom stereocenters. The predicted octanol–water partition coefficient (Wildman–Crippen LogP) is 0.841. The average molecular weight is 288 g/mol. The van der Waals surface area contributed by atoms with Crippen LogP contribution in [0.3, 0.4) is 0 Å². The fourth-order valence-electron chi connectivity index (χ4n) is 1.80. The summed E-state index contributed by atoms with van der Waals surface area (Å²) < 4.78 is 1.29. The molecular formula is C14H16N4O3. The Hall–Kier alpha value is -2.70. The van der Waals surface area contributed by atoms with E-state index in [0.29, 0.717) is 5.56 Å². The van der Waals surface area contributed by atoms with Crippen molar-refractivity contribution in [1.82, 2.24) is 14.8 Å². The Labute approximate surface area is 121 Å². The Bertz CT molecular complexity index is 711. The van der Waals surface area contributed by atoms with Gasteiger partial charge in [0.25, 0.3) is 5.56 Å². The number of rotatable bonds is 5. The summed E-state index contributed by atoms with van der Waals surface area (Å²) in [6, 6.07) is 4.60. The van der Waals surface area contributed by atoms with Crippen LogP contribution in [0.25, 0.3) is 0 Å². The van der Waals surface area contributed by atoms with Crippen molar-refractivity contribution >= 4 is 11.7 Å². The van der Waals surface area contributed by atoms with E-state index >= 15 is 0 Å². The molecule has 0 aliphatic carbocycles. The molecule has 0 saturated carbocycles. The van der Waals surface area contributed by atoms with Gasteiger partial charge < -0.3 is 10.0 Å². The second-order valence-corrected chi connectivity index (χ2v) is 4.58. The van der Waals surface area contributed by atoms with Gasteiger partial charge in [0, 0.05) is 25.9 Å². The highest BCUT2D eigenvalue weighted by Gasteiger charge is 2.07.